The number of aldehydes is 1. The number of fused-ring (bicyclic) bond motifs is 2. The molecule has 0 aromatic heterocycles. The summed E-state index contributed by atoms with van der Waals surface area (Å²) in [5, 5.41) is 0. The van der Waals surface area contributed by atoms with E-state index in [4.69, 9.17) is 9.47 Å². The maximum absolute atomic E-state index is 11.4. The predicted octanol–water partition coefficient (Wildman–Crippen LogP) is 2.80. The molecule has 0 N–H and O–H groups in total. The molecule has 3 rings (SSSR count). The van der Waals surface area contributed by atoms with Gasteiger partial charge < -0.3 is 9.47 Å². The predicted molar refractivity (Wildman–Crippen MR) is 77.7 cm³/mol. The average Bonchev–Trinajstić information content (AvgIpc) is 3.26. The molecule has 4 nitrogen and oxygen atoms in total. The van der Waals surface area contributed by atoms with Crippen LogP contribution in [-0.2, 0) is 19.1 Å². The first-order valence-corrected chi connectivity index (χ1v) is 7.88. The van der Waals surface area contributed by atoms with Crippen LogP contribution < -0.4 is 0 Å². The minimum atomic E-state index is -0.222. The summed E-state index contributed by atoms with van der Waals surface area (Å²) in [5.41, 5.74) is 0.743. The quantitative estimate of drug-likeness (QED) is 0.446. The van der Waals surface area contributed by atoms with Crippen molar-refractivity contribution in [3.05, 3.63) is 11.6 Å². The maximum atomic E-state index is 11.4. The lowest BCUT2D eigenvalue weighted by Crippen LogP contribution is -2.28. The molecule has 0 aromatic rings. The van der Waals surface area contributed by atoms with Gasteiger partial charge in [0.05, 0.1) is 11.7 Å². The molecule has 1 saturated heterocycles. The number of hydrogen-bond acceptors (Lipinski definition) is 4. The molecular weight excluding hydrogens is 268 g/mol. The van der Waals surface area contributed by atoms with Crippen molar-refractivity contribution >= 4 is 12.3 Å². The van der Waals surface area contributed by atoms with E-state index in [9.17, 15) is 9.59 Å². The Hall–Kier alpha value is -1.16. The molecule has 5 unspecified atom stereocenters. The normalized spacial score (nSPS) is 45.3. The van der Waals surface area contributed by atoms with E-state index in [-0.39, 0.29) is 29.2 Å². The largest absolute Gasteiger partial charge is 0.462 e. The average molecular weight is 292 g/mol. The Bertz CT molecular complexity index is 497. The Balaban J connectivity index is 1.82. The molecule has 0 amide bonds. The molecule has 1 heterocycles. The van der Waals surface area contributed by atoms with E-state index < -0.39 is 0 Å². The topological polar surface area (TPSA) is 55.9 Å². The first kappa shape index (κ1) is 14.8. The third-order valence-corrected chi connectivity index (χ3v) is 5.59. The second-order valence-electron chi connectivity index (χ2n) is 7.27. The van der Waals surface area contributed by atoms with E-state index in [0.29, 0.717) is 5.92 Å². The van der Waals surface area contributed by atoms with Crippen molar-refractivity contribution in [3.8, 4) is 0 Å². The Morgan fingerprint density at radius 3 is 2.86 bits per heavy atom. The van der Waals surface area contributed by atoms with Crippen LogP contribution in [0.15, 0.2) is 11.6 Å². The van der Waals surface area contributed by atoms with Crippen LogP contribution in [0.1, 0.15) is 52.9 Å². The maximum Gasteiger partial charge on any atom is 0.302 e. The number of epoxide rings is 1. The van der Waals surface area contributed by atoms with Crippen molar-refractivity contribution in [1.82, 2.24) is 0 Å². The van der Waals surface area contributed by atoms with Crippen molar-refractivity contribution < 1.29 is 19.1 Å². The second kappa shape index (κ2) is 4.94. The Kier molecular flexibility index (Phi) is 3.47. The highest BCUT2D eigenvalue weighted by Gasteiger charge is 2.58. The third kappa shape index (κ3) is 2.78. The molecule has 1 aliphatic heterocycles. The molecule has 0 aromatic carbocycles. The zero-order valence-electron chi connectivity index (χ0n) is 13.1. The monoisotopic (exact) mass is 292 g/mol. The van der Waals surface area contributed by atoms with E-state index in [1.807, 2.05) is 0 Å². The molecule has 0 spiro atoms. The van der Waals surface area contributed by atoms with Gasteiger partial charge >= 0.3 is 5.97 Å². The summed E-state index contributed by atoms with van der Waals surface area (Å²) >= 11 is 0. The highest BCUT2D eigenvalue weighted by molar-refractivity contribution is 5.73. The van der Waals surface area contributed by atoms with Crippen LogP contribution in [0.25, 0.3) is 0 Å². The summed E-state index contributed by atoms with van der Waals surface area (Å²) in [6.45, 7) is 5.75. The smallest absolute Gasteiger partial charge is 0.302 e. The fourth-order valence-electron chi connectivity index (χ4n) is 3.79. The summed E-state index contributed by atoms with van der Waals surface area (Å²) in [7, 11) is 0. The lowest BCUT2D eigenvalue weighted by atomic mass is 9.90. The number of allylic oxidation sites excluding steroid dienone is 2. The van der Waals surface area contributed by atoms with E-state index in [2.05, 4.69) is 19.9 Å². The molecule has 1 saturated carbocycles. The standard InChI is InChI=1S/C17H24O4/c1-11(19)20-14-6-7-17(3)15(21-17)5-4-12(10-18)8-13-9-16(13,14)2/h8,10,13-15H,4-7,9H2,1-3H3. The molecule has 116 valence electrons. The molecule has 4 heteroatoms. The minimum absolute atomic E-state index is 0.0228. The van der Waals surface area contributed by atoms with Gasteiger partial charge in [0, 0.05) is 12.3 Å². The van der Waals surface area contributed by atoms with Gasteiger partial charge in [0.15, 0.2) is 0 Å². The lowest BCUT2D eigenvalue weighted by Gasteiger charge is -2.25. The van der Waals surface area contributed by atoms with Crippen LogP contribution in [0, 0.1) is 11.3 Å². The summed E-state index contributed by atoms with van der Waals surface area (Å²) < 4.78 is 11.4. The molecule has 0 bridgehead atoms. The van der Waals surface area contributed by atoms with Crippen molar-refractivity contribution in [2.45, 2.75) is 70.7 Å². The summed E-state index contributed by atoms with van der Waals surface area (Å²) in [6.07, 6.45) is 7.65. The number of carbonyl (C=O) groups is 2. The van der Waals surface area contributed by atoms with Crippen molar-refractivity contribution in [1.29, 1.82) is 0 Å². The fraction of sp³-hybridized carbons (Fsp3) is 0.765. The fourth-order valence-corrected chi connectivity index (χ4v) is 3.79. The minimum Gasteiger partial charge on any atom is -0.462 e. The van der Waals surface area contributed by atoms with E-state index in [1.165, 1.54) is 6.92 Å². The van der Waals surface area contributed by atoms with Crippen molar-refractivity contribution in [2.75, 3.05) is 0 Å². The van der Waals surface area contributed by atoms with Crippen LogP contribution in [0.5, 0.6) is 0 Å². The molecule has 0 radical (unpaired) electrons. The molecular formula is C17H24O4. The van der Waals surface area contributed by atoms with Gasteiger partial charge in [-0.3, -0.25) is 9.59 Å². The van der Waals surface area contributed by atoms with Crippen molar-refractivity contribution in [2.24, 2.45) is 11.3 Å². The Labute approximate surface area is 125 Å². The summed E-state index contributed by atoms with van der Waals surface area (Å²) in [4.78, 5) is 22.6. The van der Waals surface area contributed by atoms with Gasteiger partial charge in [-0.15, -0.1) is 0 Å². The highest BCUT2D eigenvalue weighted by atomic mass is 16.6. The number of rotatable bonds is 2. The third-order valence-electron chi connectivity index (χ3n) is 5.59. The van der Waals surface area contributed by atoms with Gasteiger partial charge in [0.25, 0.3) is 0 Å². The number of ether oxygens (including phenoxy) is 2. The van der Waals surface area contributed by atoms with E-state index in [0.717, 1.165) is 44.0 Å². The van der Waals surface area contributed by atoms with Gasteiger partial charge in [-0.1, -0.05) is 13.0 Å². The van der Waals surface area contributed by atoms with E-state index >= 15 is 0 Å². The SMILES string of the molecule is CC(=O)OC1CCC2(C)OC2CCC(C=O)=CC2CC21C. The van der Waals surface area contributed by atoms with E-state index in [1.54, 1.807) is 0 Å². The van der Waals surface area contributed by atoms with Crippen LogP contribution in [0.2, 0.25) is 0 Å². The first-order valence-electron chi connectivity index (χ1n) is 7.88. The number of carbonyl (C=O) groups excluding carboxylic acids is 2. The molecule has 5 atom stereocenters. The molecule has 2 fully saturated rings. The Morgan fingerprint density at radius 1 is 1.43 bits per heavy atom. The summed E-state index contributed by atoms with van der Waals surface area (Å²) in [5.74, 6) is 0.130. The van der Waals surface area contributed by atoms with Gasteiger partial charge in [0.2, 0.25) is 0 Å². The van der Waals surface area contributed by atoms with Gasteiger partial charge in [-0.25, -0.2) is 0 Å². The zero-order chi connectivity index (χ0) is 15.3. The zero-order valence-corrected chi connectivity index (χ0v) is 13.1. The number of hydrogen-bond donors (Lipinski definition) is 0. The lowest BCUT2D eigenvalue weighted by molar-refractivity contribution is -0.150. The highest BCUT2D eigenvalue weighted by Crippen LogP contribution is 2.59. The Morgan fingerprint density at radius 2 is 2.19 bits per heavy atom. The molecule has 21 heavy (non-hydrogen) atoms. The molecule has 3 aliphatic rings. The van der Waals surface area contributed by atoms with Crippen molar-refractivity contribution in [3.63, 3.8) is 0 Å². The van der Waals surface area contributed by atoms with Gasteiger partial charge in [-0.2, -0.15) is 0 Å². The van der Waals surface area contributed by atoms with Gasteiger partial charge in [0.1, 0.15) is 12.4 Å². The van der Waals surface area contributed by atoms with Crippen LogP contribution in [0.4, 0.5) is 0 Å². The first-order chi connectivity index (χ1) is 9.87. The van der Waals surface area contributed by atoms with Crippen LogP contribution >= 0.6 is 0 Å². The molecule has 2 aliphatic carbocycles. The second-order valence-corrected chi connectivity index (χ2v) is 7.27. The van der Waals surface area contributed by atoms with Crippen LogP contribution in [-0.4, -0.2) is 30.1 Å². The number of esters is 1. The van der Waals surface area contributed by atoms with Crippen LogP contribution in [0.3, 0.4) is 0 Å². The van der Waals surface area contributed by atoms with Gasteiger partial charge in [-0.05, 0) is 50.5 Å². The summed E-state index contributed by atoms with van der Waals surface area (Å²) in [6, 6.07) is 0.